The predicted octanol–water partition coefficient (Wildman–Crippen LogP) is 2.67. The van der Waals surface area contributed by atoms with Crippen LogP contribution in [0.2, 0.25) is 0 Å². The first-order valence-electron chi connectivity index (χ1n) is 7.88. The van der Waals surface area contributed by atoms with Crippen LogP contribution < -0.4 is 9.64 Å². The van der Waals surface area contributed by atoms with Crippen molar-refractivity contribution in [2.75, 3.05) is 38.7 Å². The van der Waals surface area contributed by atoms with Crippen LogP contribution in [-0.2, 0) is 0 Å². The number of hydrogen-bond acceptors (Lipinski definition) is 4. The normalized spacial score (nSPS) is 22.0. The van der Waals surface area contributed by atoms with Crippen LogP contribution in [0.25, 0.3) is 0 Å². The summed E-state index contributed by atoms with van der Waals surface area (Å²) >= 11 is 0. The van der Waals surface area contributed by atoms with Crippen molar-refractivity contribution < 1.29 is 9.84 Å². The third kappa shape index (κ3) is 3.50. The van der Waals surface area contributed by atoms with Gasteiger partial charge in [0.25, 0.3) is 0 Å². The van der Waals surface area contributed by atoms with Gasteiger partial charge in [-0.1, -0.05) is 13.0 Å². The lowest BCUT2D eigenvalue weighted by molar-refractivity contribution is 0.194. The summed E-state index contributed by atoms with van der Waals surface area (Å²) in [4.78, 5) is 4.85. The van der Waals surface area contributed by atoms with Crippen molar-refractivity contribution in [2.45, 2.75) is 38.8 Å². The summed E-state index contributed by atoms with van der Waals surface area (Å²) in [6, 6.07) is 6.53. The van der Waals surface area contributed by atoms with E-state index >= 15 is 0 Å². The van der Waals surface area contributed by atoms with Gasteiger partial charge < -0.3 is 19.6 Å². The number of hydrogen-bond donors (Lipinski definition) is 1. The van der Waals surface area contributed by atoms with E-state index in [1.54, 1.807) is 7.11 Å². The number of aliphatic hydroxyl groups excluding tert-OH is 1. The molecule has 0 aliphatic carbocycles. The predicted molar refractivity (Wildman–Crippen MR) is 87.2 cm³/mol. The Kier molecular flexibility index (Phi) is 5.48. The van der Waals surface area contributed by atoms with Crippen LogP contribution >= 0.6 is 0 Å². The molecular formula is C17H28N2O2. The Morgan fingerprint density at radius 2 is 2.14 bits per heavy atom. The summed E-state index contributed by atoms with van der Waals surface area (Å²) in [5.41, 5.74) is 2.02. The number of likely N-dealkylation sites (N-methyl/N-ethyl adjacent to an activating group) is 1. The van der Waals surface area contributed by atoms with Crippen LogP contribution in [0.4, 0.5) is 5.69 Å². The lowest BCUT2D eigenvalue weighted by atomic mass is 10.0. The first-order valence-corrected chi connectivity index (χ1v) is 7.88. The molecule has 2 rings (SSSR count). The van der Waals surface area contributed by atoms with Crippen LogP contribution in [0.3, 0.4) is 0 Å². The second-order valence-corrected chi connectivity index (χ2v) is 5.94. The van der Waals surface area contributed by atoms with Crippen molar-refractivity contribution in [3.8, 4) is 5.75 Å². The quantitative estimate of drug-likeness (QED) is 0.925. The van der Waals surface area contributed by atoms with Gasteiger partial charge in [0.1, 0.15) is 5.75 Å². The number of rotatable bonds is 4. The van der Waals surface area contributed by atoms with Gasteiger partial charge in [0, 0.05) is 30.4 Å². The first kappa shape index (κ1) is 16.1. The topological polar surface area (TPSA) is 35.9 Å². The number of nitrogens with zero attached hydrogens (tertiary/aromatic N) is 2. The Balaban J connectivity index is 2.43. The van der Waals surface area contributed by atoms with E-state index in [9.17, 15) is 5.11 Å². The van der Waals surface area contributed by atoms with E-state index in [-0.39, 0.29) is 0 Å². The van der Waals surface area contributed by atoms with Gasteiger partial charge >= 0.3 is 0 Å². The van der Waals surface area contributed by atoms with Gasteiger partial charge in [-0.05, 0) is 45.5 Å². The number of anilines is 1. The van der Waals surface area contributed by atoms with Crippen LogP contribution in [0.15, 0.2) is 18.2 Å². The highest BCUT2D eigenvalue weighted by molar-refractivity contribution is 5.61. The zero-order valence-corrected chi connectivity index (χ0v) is 13.7. The number of aliphatic hydroxyl groups is 1. The van der Waals surface area contributed by atoms with E-state index in [0.717, 1.165) is 49.5 Å². The fourth-order valence-electron chi connectivity index (χ4n) is 3.29. The second kappa shape index (κ2) is 7.14. The van der Waals surface area contributed by atoms with Crippen LogP contribution in [0.1, 0.15) is 38.4 Å². The van der Waals surface area contributed by atoms with E-state index in [2.05, 4.69) is 29.8 Å². The van der Waals surface area contributed by atoms with Gasteiger partial charge in [-0.2, -0.15) is 0 Å². The monoisotopic (exact) mass is 292 g/mol. The minimum atomic E-state index is -0.533. The van der Waals surface area contributed by atoms with Gasteiger partial charge in [0.15, 0.2) is 0 Å². The molecule has 1 aliphatic rings. The van der Waals surface area contributed by atoms with E-state index in [4.69, 9.17) is 4.74 Å². The molecule has 1 aromatic rings. The maximum absolute atomic E-state index is 10.2. The first-order chi connectivity index (χ1) is 10.1. The Hall–Kier alpha value is -1.26. The zero-order valence-electron chi connectivity index (χ0n) is 13.7. The van der Waals surface area contributed by atoms with Crippen LogP contribution in [0, 0.1) is 0 Å². The van der Waals surface area contributed by atoms with Gasteiger partial charge in [0.05, 0.1) is 13.2 Å². The lowest BCUT2D eigenvalue weighted by Crippen LogP contribution is -2.40. The van der Waals surface area contributed by atoms with E-state index < -0.39 is 6.10 Å². The Morgan fingerprint density at radius 3 is 2.76 bits per heavy atom. The summed E-state index contributed by atoms with van der Waals surface area (Å²) in [7, 11) is 3.85. The third-order valence-corrected chi connectivity index (χ3v) is 4.36. The van der Waals surface area contributed by atoms with Crippen molar-refractivity contribution >= 4 is 5.69 Å². The van der Waals surface area contributed by atoms with E-state index in [1.807, 2.05) is 19.1 Å². The molecule has 1 aromatic carbocycles. The van der Waals surface area contributed by atoms with Crippen molar-refractivity contribution in [2.24, 2.45) is 0 Å². The van der Waals surface area contributed by atoms with E-state index in [0.29, 0.717) is 6.04 Å². The SMILES string of the molecule is CCC1CN(C)CCCN1c1cccc(OC)c1[C@@H](C)O. The molecule has 1 aliphatic heterocycles. The largest absolute Gasteiger partial charge is 0.496 e. The average Bonchev–Trinajstić information content (AvgIpc) is 2.67. The molecule has 0 bridgehead atoms. The van der Waals surface area contributed by atoms with Crippen molar-refractivity contribution in [1.82, 2.24) is 4.90 Å². The molecule has 21 heavy (non-hydrogen) atoms. The molecule has 0 saturated carbocycles. The maximum atomic E-state index is 10.2. The van der Waals surface area contributed by atoms with Gasteiger partial charge in [-0.25, -0.2) is 0 Å². The molecule has 0 aromatic heterocycles. The fraction of sp³-hybridized carbons (Fsp3) is 0.647. The number of methoxy groups -OCH3 is 1. The summed E-state index contributed by atoms with van der Waals surface area (Å²) in [6.07, 6.45) is 1.71. The highest BCUT2D eigenvalue weighted by atomic mass is 16.5. The average molecular weight is 292 g/mol. The van der Waals surface area contributed by atoms with Crippen molar-refractivity contribution in [3.05, 3.63) is 23.8 Å². The van der Waals surface area contributed by atoms with E-state index in [1.165, 1.54) is 0 Å². The third-order valence-electron chi connectivity index (χ3n) is 4.36. The minimum Gasteiger partial charge on any atom is -0.496 e. The maximum Gasteiger partial charge on any atom is 0.126 e. The Labute approximate surface area is 128 Å². The summed E-state index contributed by atoms with van der Waals surface area (Å²) in [5.74, 6) is 0.773. The molecule has 0 spiro atoms. The second-order valence-electron chi connectivity index (χ2n) is 5.94. The summed E-state index contributed by atoms with van der Waals surface area (Å²) < 4.78 is 5.46. The fourth-order valence-corrected chi connectivity index (χ4v) is 3.29. The molecule has 4 nitrogen and oxygen atoms in total. The standard InChI is InChI=1S/C17H28N2O2/c1-5-14-12-18(3)10-7-11-19(14)15-8-6-9-16(21-4)17(15)13(2)20/h6,8-9,13-14,20H,5,7,10-12H2,1-4H3/t13-,14?/m1/s1. The lowest BCUT2D eigenvalue weighted by Gasteiger charge is -2.34. The molecule has 118 valence electrons. The minimum absolute atomic E-state index is 0.474. The zero-order chi connectivity index (χ0) is 15.4. The van der Waals surface area contributed by atoms with Crippen LogP contribution in [0.5, 0.6) is 5.75 Å². The molecule has 2 atom stereocenters. The molecule has 1 fully saturated rings. The summed E-state index contributed by atoms with van der Waals surface area (Å²) in [6.45, 7) is 7.26. The van der Waals surface area contributed by atoms with Crippen LogP contribution in [-0.4, -0.2) is 49.8 Å². The molecule has 1 unspecified atom stereocenters. The number of ether oxygens (including phenoxy) is 1. The smallest absolute Gasteiger partial charge is 0.126 e. The van der Waals surface area contributed by atoms with Gasteiger partial charge in [0.2, 0.25) is 0 Å². The molecule has 1 N–H and O–H groups in total. The molecule has 0 amide bonds. The molecule has 0 radical (unpaired) electrons. The van der Waals surface area contributed by atoms with Gasteiger partial charge in [-0.3, -0.25) is 0 Å². The Morgan fingerprint density at radius 1 is 1.38 bits per heavy atom. The van der Waals surface area contributed by atoms with Crippen molar-refractivity contribution in [3.63, 3.8) is 0 Å². The highest BCUT2D eigenvalue weighted by Gasteiger charge is 2.26. The molecule has 1 heterocycles. The number of benzene rings is 1. The highest BCUT2D eigenvalue weighted by Crippen LogP contribution is 2.36. The Bertz CT molecular complexity index is 462. The van der Waals surface area contributed by atoms with Gasteiger partial charge in [-0.15, -0.1) is 0 Å². The van der Waals surface area contributed by atoms with Crippen molar-refractivity contribution in [1.29, 1.82) is 0 Å². The molecule has 1 saturated heterocycles. The molecular weight excluding hydrogens is 264 g/mol. The summed E-state index contributed by atoms with van der Waals surface area (Å²) in [5, 5.41) is 10.2. The molecule has 4 heteroatoms.